The number of nitrogens with one attached hydrogen (secondary N) is 1. The Hall–Kier alpha value is -2.99. The van der Waals surface area contributed by atoms with Crippen molar-refractivity contribution in [3.63, 3.8) is 0 Å². The Labute approximate surface area is 179 Å². The van der Waals surface area contributed by atoms with Crippen LogP contribution in [0.5, 0.6) is 0 Å². The van der Waals surface area contributed by atoms with Gasteiger partial charge in [-0.05, 0) is 58.6 Å². The number of aromatic amines is 1. The fraction of sp³-hybridized carbons (Fsp3) is 0.211. The molecule has 1 N–H and O–H groups in total. The van der Waals surface area contributed by atoms with E-state index < -0.39 is 29.2 Å². The van der Waals surface area contributed by atoms with Crippen molar-refractivity contribution >= 4 is 36.4 Å². The second-order valence-electron chi connectivity index (χ2n) is 6.74. The number of fused-ring (bicyclic) bond motifs is 1. The zero-order chi connectivity index (χ0) is 22.2. The van der Waals surface area contributed by atoms with Gasteiger partial charge in [-0.2, -0.15) is 13.2 Å². The molecule has 0 saturated heterocycles. The van der Waals surface area contributed by atoms with Crippen LogP contribution in [0.4, 0.5) is 18.2 Å². The van der Waals surface area contributed by atoms with Crippen LogP contribution in [0.1, 0.15) is 12.0 Å². The van der Waals surface area contributed by atoms with E-state index in [1.165, 1.54) is 24.3 Å². The van der Waals surface area contributed by atoms with E-state index in [1.807, 2.05) is 12.1 Å². The smallest absolute Gasteiger partial charge is 0.256 e. The van der Waals surface area contributed by atoms with Crippen molar-refractivity contribution in [1.82, 2.24) is 20.6 Å². The molecule has 0 fully saturated rings. The fourth-order valence-corrected chi connectivity index (χ4v) is 6.12. The molecule has 0 atom stereocenters. The molecule has 2 heterocycles. The number of anilines is 1. The van der Waals surface area contributed by atoms with Crippen LogP contribution in [0.25, 0.3) is 21.5 Å². The van der Waals surface area contributed by atoms with Crippen LogP contribution < -0.4 is 4.31 Å². The Kier molecular flexibility index (Phi) is 5.43. The maximum absolute atomic E-state index is 13.4. The van der Waals surface area contributed by atoms with Gasteiger partial charge in [0.25, 0.3) is 10.0 Å². The van der Waals surface area contributed by atoms with Crippen molar-refractivity contribution < 1.29 is 21.6 Å². The number of nitrogens with zero attached hydrogens (tertiary/aromatic N) is 4. The first-order valence-electron chi connectivity index (χ1n) is 9.08. The molecule has 31 heavy (non-hydrogen) atoms. The average Bonchev–Trinajstić information content (AvgIpc) is 3.37. The zero-order valence-electron chi connectivity index (χ0n) is 16.1. The number of halogens is 3. The number of sulfonamides is 1. The Morgan fingerprint density at radius 3 is 2.42 bits per heavy atom. The van der Waals surface area contributed by atoms with Gasteiger partial charge < -0.3 is 0 Å². The fourth-order valence-electron chi connectivity index (χ4n) is 3.15. The molecule has 0 bridgehead atoms. The van der Waals surface area contributed by atoms with Crippen molar-refractivity contribution in [1.29, 1.82) is 0 Å². The molecule has 0 unspecified atom stereocenters. The van der Waals surface area contributed by atoms with E-state index in [4.69, 9.17) is 0 Å². The Bertz CT molecular complexity index is 1300. The summed E-state index contributed by atoms with van der Waals surface area (Å²) in [5.74, 6) is 0.346. The second-order valence-corrected chi connectivity index (χ2v) is 9.64. The lowest BCUT2D eigenvalue weighted by Gasteiger charge is -2.24. The van der Waals surface area contributed by atoms with Gasteiger partial charge in [-0.15, -0.1) is 16.4 Å². The van der Waals surface area contributed by atoms with Gasteiger partial charge >= 0.3 is 6.18 Å². The molecule has 0 amide bonds. The number of rotatable bonds is 6. The molecule has 7 nitrogen and oxygen atoms in total. The van der Waals surface area contributed by atoms with Crippen molar-refractivity contribution in [2.24, 2.45) is 0 Å². The molecule has 12 heteroatoms. The number of benzene rings is 2. The number of hydrogen-bond donors (Lipinski definition) is 1. The summed E-state index contributed by atoms with van der Waals surface area (Å²) in [6, 6.07) is 12.9. The minimum absolute atomic E-state index is 0.122. The number of alkyl halides is 3. The summed E-state index contributed by atoms with van der Waals surface area (Å²) in [6.45, 7) is 0.998. The average molecular weight is 467 g/mol. The third-order valence-electron chi connectivity index (χ3n) is 4.70. The lowest BCUT2D eigenvalue weighted by Crippen LogP contribution is -2.34. The van der Waals surface area contributed by atoms with Crippen molar-refractivity contribution in [2.45, 2.75) is 24.4 Å². The Balaban J connectivity index is 1.77. The molecule has 2 aromatic heterocycles. The predicted molar refractivity (Wildman–Crippen MR) is 111 cm³/mol. The minimum Gasteiger partial charge on any atom is -0.256 e. The Morgan fingerprint density at radius 2 is 1.81 bits per heavy atom. The predicted octanol–water partition coefficient (Wildman–Crippen LogP) is 4.54. The third kappa shape index (κ3) is 4.26. The largest absolute Gasteiger partial charge is 0.390 e. The van der Waals surface area contributed by atoms with Gasteiger partial charge in [0.1, 0.15) is 5.00 Å². The maximum Gasteiger partial charge on any atom is 0.390 e. The normalized spacial score (nSPS) is 12.4. The summed E-state index contributed by atoms with van der Waals surface area (Å²) in [5, 5.41) is 14.3. The van der Waals surface area contributed by atoms with E-state index in [9.17, 15) is 21.6 Å². The van der Waals surface area contributed by atoms with Crippen LogP contribution in [0, 0.1) is 6.92 Å². The second kappa shape index (κ2) is 7.93. The zero-order valence-corrected chi connectivity index (χ0v) is 17.7. The number of aromatic nitrogens is 4. The first-order chi connectivity index (χ1) is 14.7. The Morgan fingerprint density at radius 1 is 1.10 bits per heavy atom. The van der Waals surface area contributed by atoms with Crippen LogP contribution in [0.3, 0.4) is 0 Å². The van der Waals surface area contributed by atoms with E-state index in [0.717, 1.165) is 25.7 Å². The van der Waals surface area contributed by atoms with E-state index in [2.05, 4.69) is 20.6 Å². The summed E-state index contributed by atoms with van der Waals surface area (Å²) in [6.07, 6.45) is -5.76. The molecule has 2 aromatic carbocycles. The van der Waals surface area contributed by atoms with E-state index in [-0.39, 0.29) is 9.90 Å². The van der Waals surface area contributed by atoms with Crippen molar-refractivity contribution in [3.8, 4) is 11.4 Å². The van der Waals surface area contributed by atoms with E-state index >= 15 is 0 Å². The molecule has 0 radical (unpaired) electrons. The molecule has 4 rings (SSSR count). The van der Waals surface area contributed by atoms with Gasteiger partial charge in [0, 0.05) is 16.8 Å². The van der Waals surface area contributed by atoms with Gasteiger partial charge in [-0.3, -0.25) is 4.31 Å². The molecule has 0 aliphatic carbocycles. The molecular weight excluding hydrogens is 451 g/mol. The highest BCUT2D eigenvalue weighted by molar-refractivity contribution is 7.93. The summed E-state index contributed by atoms with van der Waals surface area (Å²) in [4.78, 5) is -0.122. The van der Waals surface area contributed by atoms with Gasteiger partial charge in [0.2, 0.25) is 0 Å². The van der Waals surface area contributed by atoms with Gasteiger partial charge in [-0.25, -0.2) is 13.5 Å². The maximum atomic E-state index is 13.4. The highest BCUT2D eigenvalue weighted by Gasteiger charge is 2.34. The molecule has 4 aromatic rings. The number of thiophene rings is 1. The van der Waals surface area contributed by atoms with Crippen LogP contribution in [0.2, 0.25) is 0 Å². The summed E-state index contributed by atoms with van der Waals surface area (Å²) < 4.78 is 67.4. The molecule has 0 aliphatic heterocycles. The molecule has 0 spiro atoms. The molecule has 162 valence electrons. The van der Waals surface area contributed by atoms with Crippen LogP contribution in [-0.4, -0.2) is 41.8 Å². The minimum atomic E-state index is -4.50. The van der Waals surface area contributed by atoms with Crippen molar-refractivity contribution in [2.75, 3.05) is 10.8 Å². The van der Waals surface area contributed by atoms with Crippen LogP contribution in [-0.2, 0) is 10.0 Å². The topological polar surface area (TPSA) is 91.8 Å². The summed E-state index contributed by atoms with van der Waals surface area (Å²) in [5.41, 5.74) is 1.17. The highest BCUT2D eigenvalue weighted by Crippen LogP contribution is 2.40. The lowest BCUT2D eigenvalue weighted by atomic mass is 10.2. The highest BCUT2D eigenvalue weighted by atomic mass is 32.2. The first kappa shape index (κ1) is 21.2. The standard InChI is InChI=1S/C19H16F3N5O2S2/c1-12-15-4-2-3-5-16(15)30-18(12)27(11-10-19(20,21)22)31(28,29)14-8-6-13(7-9-14)17-23-25-26-24-17/h2-9H,10-11H2,1H3,(H,23,24,25,26). The summed E-state index contributed by atoms with van der Waals surface area (Å²) >= 11 is 1.15. The third-order valence-corrected chi connectivity index (χ3v) is 7.93. The number of tetrazole rings is 1. The van der Waals surface area contributed by atoms with Gasteiger partial charge in [0.05, 0.1) is 11.3 Å². The van der Waals surface area contributed by atoms with E-state index in [0.29, 0.717) is 17.0 Å². The molecule has 0 aliphatic rings. The van der Waals surface area contributed by atoms with Gasteiger partial charge in [0.15, 0.2) is 5.82 Å². The molecule has 0 saturated carbocycles. The first-order valence-corrected chi connectivity index (χ1v) is 11.3. The number of hydrogen-bond acceptors (Lipinski definition) is 6. The van der Waals surface area contributed by atoms with Crippen LogP contribution >= 0.6 is 11.3 Å². The SMILES string of the molecule is Cc1c(N(CCC(F)(F)F)S(=O)(=O)c2ccc(-c3nnn[nH]3)cc2)sc2ccccc12. The lowest BCUT2D eigenvalue weighted by molar-refractivity contribution is -0.131. The summed E-state index contributed by atoms with van der Waals surface area (Å²) in [7, 11) is -4.25. The number of aryl methyl sites for hydroxylation is 1. The molecular formula is C19H16F3N5O2S2. The van der Waals surface area contributed by atoms with Crippen LogP contribution in [0.15, 0.2) is 53.4 Å². The monoisotopic (exact) mass is 467 g/mol. The van der Waals surface area contributed by atoms with E-state index in [1.54, 1.807) is 19.1 Å². The van der Waals surface area contributed by atoms with Crippen molar-refractivity contribution in [3.05, 3.63) is 54.1 Å². The number of H-pyrrole nitrogens is 1. The van der Waals surface area contributed by atoms with Gasteiger partial charge in [-0.1, -0.05) is 18.2 Å². The quantitative estimate of drug-likeness (QED) is 0.450.